The van der Waals surface area contributed by atoms with Gasteiger partial charge in [0.2, 0.25) is 0 Å². The van der Waals surface area contributed by atoms with E-state index in [0.717, 1.165) is 10.7 Å². The van der Waals surface area contributed by atoms with Crippen molar-refractivity contribution in [1.82, 2.24) is 24.6 Å². The van der Waals surface area contributed by atoms with Gasteiger partial charge in [-0.2, -0.15) is 23.3 Å². The van der Waals surface area contributed by atoms with Gasteiger partial charge in [0.05, 0.1) is 23.1 Å². The highest BCUT2D eigenvalue weighted by molar-refractivity contribution is 5.92. The molecule has 0 spiro atoms. The number of piperazine rings is 1. The number of benzene rings is 1. The van der Waals surface area contributed by atoms with Crippen LogP contribution in [0.25, 0.3) is 5.69 Å². The molecule has 2 aromatic heterocycles. The molecule has 9 nitrogen and oxygen atoms in total. The van der Waals surface area contributed by atoms with Gasteiger partial charge in [-0.15, -0.1) is 0 Å². The van der Waals surface area contributed by atoms with Crippen LogP contribution in [0.2, 0.25) is 0 Å². The smallest absolute Gasteiger partial charge is 0.383 e. The summed E-state index contributed by atoms with van der Waals surface area (Å²) in [7, 11) is 0. The Kier molecular flexibility index (Phi) is 5.13. The van der Waals surface area contributed by atoms with Crippen LogP contribution >= 0.6 is 0 Å². The van der Waals surface area contributed by atoms with E-state index in [2.05, 4.69) is 15.1 Å². The fourth-order valence-electron chi connectivity index (χ4n) is 3.45. The zero-order chi connectivity index (χ0) is 22.2. The van der Waals surface area contributed by atoms with Gasteiger partial charge >= 0.3 is 11.9 Å². The summed E-state index contributed by atoms with van der Waals surface area (Å²) in [5, 5.41) is 4.07. The van der Waals surface area contributed by atoms with E-state index in [4.69, 9.17) is 5.73 Å². The number of alkyl halides is 3. The van der Waals surface area contributed by atoms with E-state index in [9.17, 15) is 22.8 Å². The fraction of sp³-hybridized carbons (Fsp3) is 0.263. The van der Waals surface area contributed by atoms with Crippen molar-refractivity contribution in [2.45, 2.75) is 6.18 Å². The predicted octanol–water partition coefficient (Wildman–Crippen LogP) is 1.52. The largest absolute Gasteiger partial charge is 0.418 e. The van der Waals surface area contributed by atoms with E-state index in [-0.39, 0.29) is 23.1 Å². The highest BCUT2D eigenvalue weighted by atomic mass is 19.4. The van der Waals surface area contributed by atoms with Gasteiger partial charge in [0.25, 0.3) is 5.91 Å². The second-order valence-electron chi connectivity index (χ2n) is 6.93. The van der Waals surface area contributed by atoms with Crippen molar-refractivity contribution in [1.29, 1.82) is 0 Å². The van der Waals surface area contributed by atoms with Crippen molar-refractivity contribution in [2.24, 2.45) is 0 Å². The van der Waals surface area contributed by atoms with Crippen LogP contribution in [0.15, 0.2) is 47.5 Å². The highest BCUT2D eigenvalue weighted by Crippen LogP contribution is 2.33. The molecule has 31 heavy (non-hydrogen) atoms. The number of carbonyl (C=O) groups excluding carboxylic acids is 1. The molecule has 1 fully saturated rings. The molecule has 0 aliphatic carbocycles. The Bertz CT molecular complexity index is 1160. The molecule has 0 bridgehead atoms. The zero-order valence-corrected chi connectivity index (χ0v) is 16.1. The number of amides is 1. The second-order valence-corrected chi connectivity index (χ2v) is 6.93. The normalized spacial score (nSPS) is 14.7. The summed E-state index contributed by atoms with van der Waals surface area (Å²) < 4.78 is 40.8. The number of nitrogens with one attached hydrogen (secondary N) is 1. The number of halogens is 3. The lowest BCUT2D eigenvalue weighted by atomic mass is 10.2. The van der Waals surface area contributed by atoms with Gasteiger partial charge < -0.3 is 15.5 Å². The van der Waals surface area contributed by atoms with E-state index in [1.54, 1.807) is 4.90 Å². The first-order chi connectivity index (χ1) is 14.7. The van der Waals surface area contributed by atoms with Crippen molar-refractivity contribution in [2.75, 3.05) is 36.8 Å². The van der Waals surface area contributed by atoms with Gasteiger partial charge in [-0.1, -0.05) is 12.1 Å². The maximum Gasteiger partial charge on any atom is 0.418 e. The van der Waals surface area contributed by atoms with Gasteiger partial charge in [0, 0.05) is 32.4 Å². The summed E-state index contributed by atoms with van der Waals surface area (Å²) in [5.74, 6) is -0.183. The number of nitrogens with two attached hydrogens (primary N) is 1. The van der Waals surface area contributed by atoms with Crippen LogP contribution in [0.5, 0.6) is 0 Å². The summed E-state index contributed by atoms with van der Waals surface area (Å²) in [4.78, 5) is 33.6. The number of hydrogen-bond donors (Lipinski definition) is 2. The fourth-order valence-corrected chi connectivity index (χ4v) is 3.45. The van der Waals surface area contributed by atoms with Crippen LogP contribution in [-0.4, -0.2) is 56.7 Å². The van der Waals surface area contributed by atoms with E-state index >= 15 is 0 Å². The Morgan fingerprint density at radius 2 is 1.77 bits per heavy atom. The highest BCUT2D eigenvalue weighted by Gasteiger charge is 2.34. The number of anilines is 2. The van der Waals surface area contributed by atoms with Gasteiger partial charge in [0.1, 0.15) is 5.82 Å². The van der Waals surface area contributed by atoms with Crippen LogP contribution in [0, 0.1) is 0 Å². The Balaban J connectivity index is 1.48. The average molecular weight is 433 g/mol. The van der Waals surface area contributed by atoms with Crippen LogP contribution in [0.1, 0.15) is 16.1 Å². The lowest BCUT2D eigenvalue weighted by Gasteiger charge is -2.35. The average Bonchev–Trinajstić information content (AvgIpc) is 3.23. The quantitative estimate of drug-likeness (QED) is 0.648. The van der Waals surface area contributed by atoms with Crippen molar-refractivity contribution in [3.63, 3.8) is 0 Å². The van der Waals surface area contributed by atoms with Crippen molar-refractivity contribution >= 4 is 17.4 Å². The first-order valence-corrected chi connectivity index (χ1v) is 9.35. The maximum absolute atomic E-state index is 13.3. The number of aromatic amines is 1. The molecule has 0 unspecified atom stereocenters. The van der Waals surface area contributed by atoms with E-state index in [0.29, 0.717) is 31.9 Å². The number of nitrogens with zero attached hydrogens (tertiary/aromatic N) is 5. The Morgan fingerprint density at radius 1 is 1.06 bits per heavy atom. The number of hydrogen-bond acceptors (Lipinski definition) is 6. The molecule has 0 saturated carbocycles. The molecule has 3 N–H and O–H groups in total. The molecule has 0 atom stereocenters. The topological polar surface area (TPSA) is 113 Å². The minimum Gasteiger partial charge on any atom is -0.383 e. The molecule has 4 rings (SSSR count). The van der Waals surface area contributed by atoms with Crippen LogP contribution in [0.4, 0.5) is 24.7 Å². The summed E-state index contributed by atoms with van der Waals surface area (Å²) in [6.07, 6.45) is -1.83. The maximum atomic E-state index is 13.3. The van der Waals surface area contributed by atoms with Crippen molar-refractivity contribution < 1.29 is 18.0 Å². The summed E-state index contributed by atoms with van der Waals surface area (Å²) in [6, 6.07) is 6.43. The molecule has 1 aromatic carbocycles. The second kappa shape index (κ2) is 7.78. The first-order valence-electron chi connectivity index (χ1n) is 9.35. The van der Waals surface area contributed by atoms with Crippen LogP contribution in [0.3, 0.4) is 0 Å². The molecule has 162 valence electrons. The molecule has 1 aliphatic rings. The Morgan fingerprint density at radius 3 is 2.45 bits per heavy atom. The molecule has 1 aliphatic heterocycles. The van der Waals surface area contributed by atoms with Crippen LogP contribution < -0.4 is 16.3 Å². The first kappa shape index (κ1) is 20.4. The zero-order valence-electron chi connectivity index (χ0n) is 16.1. The molecular formula is C19H18F3N7O2. The van der Waals surface area contributed by atoms with Gasteiger partial charge in [-0.25, -0.2) is 9.48 Å². The summed E-state index contributed by atoms with van der Waals surface area (Å²) >= 11 is 0. The third kappa shape index (κ3) is 4.09. The number of para-hydroxylation sites is 1. The monoisotopic (exact) mass is 433 g/mol. The molecular weight excluding hydrogens is 415 g/mol. The molecule has 1 amide bonds. The molecule has 1 saturated heterocycles. The number of H-pyrrole nitrogens is 1. The Hall–Kier alpha value is -3.83. The van der Waals surface area contributed by atoms with Crippen molar-refractivity contribution in [3.05, 3.63) is 64.5 Å². The SMILES string of the molecule is Nc1[nH]c(=O)ncc1N1CCN(C(=O)c2ccn(-c3ccccc3C(F)(F)F)n2)CC1. The van der Waals surface area contributed by atoms with Gasteiger partial charge in [-0.05, 0) is 18.2 Å². The number of aromatic nitrogens is 4. The molecule has 3 heterocycles. The van der Waals surface area contributed by atoms with E-state index in [1.165, 1.54) is 36.7 Å². The number of rotatable bonds is 3. The number of carbonyl (C=O) groups is 1. The minimum absolute atomic E-state index is 0.0515. The van der Waals surface area contributed by atoms with Crippen molar-refractivity contribution in [3.8, 4) is 5.69 Å². The molecule has 12 heteroatoms. The molecule has 0 radical (unpaired) electrons. The van der Waals surface area contributed by atoms with E-state index in [1.807, 2.05) is 4.90 Å². The Labute approximate surface area is 173 Å². The van der Waals surface area contributed by atoms with Gasteiger partial charge in [-0.3, -0.25) is 9.78 Å². The van der Waals surface area contributed by atoms with E-state index < -0.39 is 17.4 Å². The third-order valence-electron chi connectivity index (χ3n) is 4.99. The lowest BCUT2D eigenvalue weighted by Crippen LogP contribution is -2.49. The summed E-state index contributed by atoms with van der Waals surface area (Å²) in [5.41, 5.74) is 4.92. The third-order valence-corrected chi connectivity index (χ3v) is 4.99. The predicted molar refractivity (Wildman–Crippen MR) is 106 cm³/mol. The van der Waals surface area contributed by atoms with Crippen LogP contribution in [-0.2, 0) is 6.18 Å². The molecule has 3 aromatic rings. The lowest BCUT2D eigenvalue weighted by molar-refractivity contribution is -0.137. The number of nitrogen functional groups attached to an aromatic ring is 1. The standard InChI is InChI=1S/C19H18F3N7O2/c20-19(21,22)12-3-1-2-4-14(12)29-6-5-13(26-29)17(30)28-9-7-27(8-10-28)15-11-24-18(31)25-16(15)23/h1-6,11H,7-10H2,(H3,23,24,25,31). The van der Waals surface area contributed by atoms with Gasteiger partial charge in [0.15, 0.2) is 5.69 Å². The summed E-state index contributed by atoms with van der Waals surface area (Å²) in [6.45, 7) is 1.59. The minimum atomic E-state index is -4.54.